The van der Waals surface area contributed by atoms with Gasteiger partial charge in [0.2, 0.25) is 0 Å². The molecule has 90 valence electrons. The zero-order valence-electron chi connectivity index (χ0n) is 9.93. The van der Waals surface area contributed by atoms with Crippen LogP contribution in [0.3, 0.4) is 0 Å². The molecule has 0 N–H and O–H groups in total. The van der Waals surface area contributed by atoms with Crippen LogP contribution in [0.5, 0.6) is 0 Å². The topological polar surface area (TPSA) is 16.1 Å². The fraction of sp³-hybridized carbons (Fsp3) is 0.462. The second-order valence-electron chi connectivity index (χ2n) is 4.54. The first-order valence-corrected chi connectivity index (χ1v) is 7.80. The molecule has 4 heteroatoms. The van der Waals surface area contributed by atoms with Crippen molar-refractivity contribution in [2.45, 2.75) is 25.3 Å². The van der Waals surface area contributed by atoms with Crippen LogP contribution in [0, 0.1) is 0 Å². The van der Waals surface area contributed by atoms with E-state index in [0.29, 0.717) is 6.04 Å². The maximum Gasteiger partial charge on any atom is 0.110 e. The van der Waals surface area contributed by atoms with Crippen LogP contribution in [-0.4, -0.2) is 23.5 Å². The number of thiophene rings is 1. The monoisotopic (exact) mass is 264 g/mol. The average molecular weight is 264 g/mol. The second kappa shape index (κ2) is 4.88. The number of likely N-dealkylation sites (tertiary alicyclic amines) is 1. The third-order valence-electron chi connectivity index (χ3n) is 3.35. The lowest BCUT2D eigenvalue weighted by atomic mass is 10.0. The zero-order chi connectivity index (χ0) is 11.7. The molecule has 1 atom stereocenters. The summed E-state index contributed by atoms with van der Waals surface area (Å²) in [6.07, 6.45) is 3.92. The van der Waals surface area contributed by atoms with Crippen molar-refractivity contribution < 1.29 is 0 Å². The number of hydrogen-bond donors (Lipinski definition) is 0. The van der Waals surface area contributed by atoms with E-state index in [4.69, 9.17) is 4.98 Å². The van der Waals surface area contributed by atoms with Gasteiger partial charge in [0.15, 0.2) is 0 Å². The van der Waals surface area contributed by atoms with Gasteiger partial charge in [0.1, 0.15) is 5.01 Å². The van der Waals surface area contributed by atoms with Crippen LogP contribution in [0.25, 0.3) is 10.6 Å². The molecule has 1 aliphatic heterocycles. The predicted molar refractivity (Wildman–Crippen MR) is 74.6 cm³/mol. The Bertz CT molecular complexity index is 475. The van der Waals surface area contributed by atoms with Crippen molar-refractivity contribution in [2.24, 2.45) is 0 Å². The van der Waals surface area contributed by atoms with E-state index in [9.17, 15) is 0 Å². The molecule has 2 nitrogen and oxygen atoms in total. The predicted octanol–water partition coefficient (Wildman–Crippen LogP) is 4.03. The van der Waals surface area contributed by atoms with Crippen molar-refractivity contribution in [2.75, 3.05) is 13.6 Å². The summed E-state index contributed by atoms with van der Waals surface area (Å²) < 4.78 is 0. The molecule has 0 bridgehead atoms. The summed E-state index contributed by atoms with van der Waals surface area (Å²) in [5.74, 6) is 0. The fourth-order valence-electron chi connectivity index (χ4n) is 2.37. The van der Waals surface area contributed by atoms with Gasteiger partial charge in [-0.15, -0.1) is 22.7 Å². The summed E-state index contributed by atoms with van der Waals surface area (Å²) in [5, 5.41) is 5.60. The van der Waals surface area contributed by atoms with Gasteiger partial charge >= 0.3 is 0 Å². The minimum atomic E-state index is 0.544. The highest BCUT2D eigenvalue weighted by atomic mass is 32.1. The highest BCUT2D eigenvalue weighted by Crippen LogP contribution is 2.34. The molecule has 0 radical (unpaired) electrons. The van der Waals surface area contributed by atoms with E-state index >= 15 is 0 Å². The molecule has 0 aliphatic carbocycles. The van der Waals surface area contributed by atoms with E-state index < -0.39 is 0 Å². The van der Waals surface area contributed by atoms with Gasteiger partial charge in [0.05, 0.1) is 16.6 Å². The summed E-state index contributed by atoms with van der Waals surface area (Å²) in [6, 6.07) is 4.78. The van der Waals surface area contributed by atoms with Crippen molar-refractivity contribution in [1.29, 1.82) is 0 Å². The minimum absolute atomic E-state index is 0.544. The standard InChI is InChI=1S/C13H16N2S2/c1-15-7-3-2-5-11(15)13-14-10(9-17-13)12-6-4-8-16-12/h4,6,8-9,11H,2-3,5,7H2,1H3. The van der Waals surface area contributed by atoms with Gasteiger partial charge in [-0.3, -0.25) is 4.90 Å². The molecular formula is C13H16N2S2. The first kappa shape index (κ1) is 11.4. The molecule has 0 saturated carbocycles. The van der Waals surface area contributed by atoms with E-state index in [0.717, 1.165) is 5.69 Å². The molecule has 3 rings (SSSR count). The molecule has 0 aromatic carbocycles. The maximum absolute atomic E-state index is 4.81. The van der Waals surface area contributed by atoms with Crippen LogP contribution < -0.4 is 0 Å². The normalized spacial score (nSPS) is 21.8. The van der Waals surface area contributed by atoms with Gasteiger partial charge in [0, 0.05) is 5.38 Å². The zero-order valence-corrected chi connectivity index (χ0v) is 11.6. The summed E-state index contributed by atoms with van der Waals surface area (Å²) in [4.78, 5) is 8.54. The van der Waals surface area contributed by atoms with Crippen molar-refractivity contribution in [1.82, 2.24) is 9.88 Å². The Labute approximate surface area is 110 Å². The summed E-state index contributed by atoms with van der Waals surface area (Å²) >= 11 is 3.58. The summed E-state index contributed by atoms with van der Waals surface area (Å²) in [7, 11) is 2.22. The number of thiazole rings is 1. The van der Waals surface area contributed by atoms with Crippen LogP contribution in [0.4, 0.5) is 0 Å². The molecule has 0 spiro atoms. The average Bonchev–Trinajstić information content (AvgIpc) is 3.00. The quantitative estimate of drug-likeness (QED) is 0.814. The van der Waals surface area contributed by atoms with Crippen LogP contribution >= 0.6 is 22.7 Å². The molecule has 1 saturated heterocycles. The molecule has 3 heterocycles. The van der Waals surface area contributed by atoms with Gasteiger partial charge in [0.25, 0.3) is 0 Å². The van der Waals surface area contributed by atoms with Crippen molar-refractivity contribution in [3.05, 3.63) is 27.9 Å². The molecule has 1 aliphatic rings. The van der Waals surface area contributed by atoms with Gasteiger partial charge in [-0.1, -0.05) is 12.5 Å². The largest absolute Gasteiger partial charge is 0.297 e. The number of aromatic nitrogens is 1. The number of piperidine rings is 1. The fourth-order valence-corrected chi connectivity index (χ4v) is 4.14. The minimum Gasteiger partial charge on any atom is -0.297 e. The molecule has 2 aromatic rings. The van der Waals surface area contributed by atoms with Crippen LogP contribution in [0.1, 0.15) is 30.3 Å². The van der Waals surface area contributed by atoms with Crippen LogP contribution in [-0.2, 0) is 0 Å². The van der Waals surface area contributed by atoms with Crippen molar-refractivity contribution in [3.63, 3.8) is 0 Å². The van der Waals surface area contributed by atoms with Gasteiger partial charge in [-0.2, -0.15) is 0 Å². The van der Waals surface area contributed by atoms with Crippen LogP contribution in [0.2, 0.25) is 0 Å². The lowest BCUT2D eigenvalue weighted by molar-refractivity contribution is 0.187. The van der Waals surface area contributed by atoms with E-state index in [1.807, 2.05) is 11.3 Å². The Hall–Kier alpha value is -0.710. The smallest absolute Gasteiger partial charge is 0.110 e. The van der Waals surface area contributed by atoms with Gasteiger partial charge in [-0.05, 0) is 37.9 Å². The Morgan fingerprint density at radius 2 is 2.29 bits per heavy atom. The van der Waals surface area contributed by atoms with E-state index in [1.165, 1.54) is 35.7 Å². The van der Waals surface area contributed by atoms with E-state index in [2.05, 4.69) is 34.8 Å². The first-order chi connectivity index (χ1) is 8.34. The van der Waals surface area contributed by atoms with Crippen LogP contribution in [0.15, 0.2) is 22.9 Å². The van der Waals surface area contributed by atoms with Crippen molar-refractivity contribution in [3.8, 4) is 10.6 Å². The first-order valence-electron chi connectivity index (χ1n) is 6.04. The Kier molecular flexibility index (Phi) is 3.27. The maximum atomic E-state index is 4.81. The Morgan fingerprint density at radius 3 is 3.06 bits per heavy atom. The number of nitrogens with zero attached hydrogens (tertiary/aromatic N) is 2. The molecule has 0 amide bonds. The second-order valence-corrected chi connectivity index (χ2v) is 6.38. The molecule has 1 unspecified atom stereocenters. The Morgan fingerprint density at radius 1 is 1.35 bits per heavy atom. The number of rotatable bonds is 2. The van der Waals surface area contributed by atoms with Crippen molar-refractivity contribution >= 4 is 22.7 Å². The lowest BCUT2D eigenvalue weighted by Crippen LogP contribution is -2.29. The molecule has 1 fully saturated rings. The third kappa shape index (κ3) is 2.30. The third-order valence-corrected chi connectivity index (χ3v) is 5.19. The van der Waals surface area contributed by atoms with E-state index in [1.54, 1.807) is 11.3 Å². The van der Waals surface area contributed by atoms with E-state index in [-0.39, 0.29) is 0 Å². The molecule has 2 aromatic heterocycles. The Balaban J connectivity index is 1.84. The SMILES string of the molecule is CN1CCCCC1c1nc(-c2cccs2)cs1. The van der Waals surface area contributed by atoms with Gasteiger partial charge in [-0.25, -0.2) is 4.98 Å². The molecular weight excluding hydrogens is 248 g/mol. The molecule has 17 heavy (non-hydrogen) atoms. The summed E-state index contributed by atoms with van der Waals surface area (Å²) in [6.45, 7) is 1.21. The lowest BCUT2D eigenvalue weighted by Gasteiger charge is -2.30. The highest BCUT2D eigenvalue weighted by molar-refractivity contribution is 7.14. The summed E-state index contributed by atoms with van der Waals surface area (Å²) in [5.41, 5.74) is 1.15. The number of hydrogen-bond acceptors (Lipinski definition) is 4. The highest BCUT2D eigenvalue weighted by Gasteiger charge is 2.23. The van der Waals surface area contributed by atoms with Gasteiger partial charge < -0.3 is 0 Å².